The van der Waals surface area contributed by atoms with Gasteiger partial charge in [-0.1, -0.05) is 0 Å². The number of amides is 1. The third-order valence-electron chi connectivity index (χ3n) is 2.98. The Morgan fingerprint density at radius 2 is 2.35 bits per heavy atom. The Morgan fingerprint density at radius 1 is 1.60 bits per heavy atom. The highest BCUT2D eigenvalue weighted by atomic mass is 19.4. The van der Waals surface area contributed by atoms with Crippen molar-refractivity contribution in [3.05, 3.63) is 17.7 Å². The maximum absolute atomic E-state index is 11.9. The number of halogens is 3. The zero-order valence-electron chi connectivity index (χ0n) is 11.0. The summed E-state index contributed by atoms with van der Waals surface area (Å²) in [6.07, 6.45) is -1.05. The molecule has 1 aromatic heterocycles. The van der Waals surface area contributed by atoms with Crippen molar-refractivity contribution in [3.8, 4) is 0 Å². The van der Waals surface area contributed by atoms with E-state index in [-0.39, 0.29) is 6.04 Å². The molecule has 1 amide bonds. The normalized spacial score (nSPS) is 18.7. The second kappa shape index (κ2) is 5.82. The molecule has 0 unspecified atom stereocenters. The van der Waals surface area contributed by atoms with Gasteiger partial charge in [0.2, 0.25) is 5.91 Å². The van der Waals surface area contributed by atoms with Crippen molar-refractivity contribution in [1.29, 1.82) is 0 Å². The number of imidazole rings is 1. The number of hydrogen-bond donors (Lipinski definition) is 1. The van der Waals surface area contributed by atoms with Gasteiger partial charge in [0.25, 0.3) is 0 Å². The van der Waals surface area contributed by atoms with Crippen LogP contribution in [0.25, 0.3) is 0 Å². The van der Waals surface area contributed by atoms with Gasteiger partial charge >= 0.3 is 6.18 Å². The number of aromatic nitrogens is 2. The first-order valence-corrected chi connectivity index (χ1v) is 6.30. The quantitative estimate of drug-likeness (QED) is 0.907. The fourth-order valence-electron chi connectivity index (χ4n) is 2.23. The van der Waals surface area contributed by atoms with Crippen LogP contribution < -0.4 is 5.32 Å². The van der Waals surface area contributed by atoms with Crippen molar-refractivity contribution < 1.29 is 22.7 Å². The lowest BCUT2D eigenvalue weighted by atomic mass is 10.1. The maximum atomic E-state index is 11.9. The zero-order valence-corrected chi connectivity index (χ0v) is 11.0. The third-order valence-corrected chi connectivity index (χ3v) is 2.98. The molecular weight excluding hydrogens is 275 g/mol. The molecule has 1 aromatic rings. The monoisotopic (exact) mass is 291 g/mol. The average Bonchev–Trinajstić information content (AvgIpc) is 2.66. The van der Waals surface area contributed by atoms with Crippen LogP contribution in [0.1, 0.15) is 17.9 Å². The van der Waals surface area contributed by atoms with Crippen LogP contribution in [0, 0.1) is 6.92 Å². The SMILES string of the molecule is Cc1cn2c(n1)CC[C@@H](NC(=O)COCC(F)(F)F)C2. The van der Waals surface area contributed by atoms with Gasteiger partial charge in [0, 0.05) is 25.2 Å². The number of nitrogens with zero attached hydrogens (tertiary/aromatic N) is 2. The van der Waals surface area contributed by atoms with Crippen LogP contribution in [0.3, 0.4) is 0 Å². The fraction of sp³-hybridized carbons (Fsp3) is 0.667. The third kappa shape index (κ3) is 4.22. The molecule has 1 aliphatic rings. The Morgan fingerprint density at radius 3 is 3.05 bits per heavy atom. The van der Waals surface area contributed by atoms with Crippen molar-refractivity contribution >= 4 is 5.91 Å². The molecule has 1 N–H and O–H groups in total. The lowest BCUT2D eigenvalue weighted by molar-refractivity contribution is -0.175. The summed E-state index contributed by atoms with van der Waals surface area (Å²) in [6, 6.07) is -0.0990. The number of nitrogens with one attached hydrogen (secondary N) is 1. The van der Waals surface area contributed by atoms with E-state index in [0.29, 0.717) is 6.54 Å². The summed E-state index contributed by atoms with van der Waals surface area (Å²) in [5.74, 6) is 0.445. The molecule has 5 nitrogen and oxygen atoms in total. The summed E-state index contributed by atoms with van der Waals surface area (Å²) in [7, 11) is 0. The molecule has 0 saturated carbocycles. The Balaban J connectivity index is 1.76. The molecule has 112 valence electrons. The molecule has 0 saturated heterocycles. The van der Waals surface area contributed by atoms with Gasteiger partial charge < -0.3 is 14.6 Å². The first-order valence-electron chi connectivity index (χ1n) is 6.30. The molecule has 0 aliphatic carbocycles. The first kappa shape index (κ1) is 14.8. The predicted molar refractivity (Wildman–Crippen MR) is 64.1 cm³/mol. The molecule has 0 spiro atoms. The minimum absolute atomic E-state index is 0.0990. The minimum Gasteiger partial charge on any atom is -0.362 e. The maximum Gasteiger partial charge on any atom is 0.411 e. The number of rotatable bonds is 4. The highest BCUT2D eigenvalue weighted by molar-refractivity contribution is 5.77. The molecule has 2 heterocycles. The van der Waals surface area contributed by atoms with E-state index in [1.807, 2.05) is 17.7 Å². The molecular formula is C12H16F3N3O2. The number of carbonyl (C=O) groups excluding carboxylic acids is 1. The van der Waals surface area contributed by atoms with Gasteiger partial charge in [-0.2, -0.15) is 13.2 Å². The first-order chi connectivity index (χ1) is 9.33. The fourth-order valence-corrected chi connectivity index (χ4v) is 2.23. The molecule has 1 aliphatic heterocycles. The lowest BCUT2D eigenvalue weighted by Gasteiger charge is -2.24. The van der Waals surface area contributed by atoms with Crippen molar-refractivity contribution in [3.63, 3.8) is 0 Å². The number of ether oxygens (including phenoxy) is 1. The van der Waals surface area contributed by atoms with E-state index in [9.17, 15) is 18.0 Å². The van der Waals surface area contributed by atoms with Gasteiger partial charge in [-0.3, -0.25) is 4.79 Å². The molecule has 0 radical (unpaired) electrons. The number of aryl methyl sites for hydroxylation is 2. The van der Waals surface area contributed by atoms with Crippen LogP contribution in [0.4, 0.5) is 13.2 Å². The minimum atomic E-state index is -4.41. The molecule has 0 fully saturated rings. The molecule has 1 atom stereocenters. The molecule has 20 heavy (non-hydrogen) atoms. The summed E-state index contributed by atoms with van der Waals surface area (Å²) < 4.78 is 41.9. The highest BCUT2D eigenvalue weighted by Gasteiger charge is 2.28. The van der Waals surface area contributed by atoms with E-state index in [4.69, 9.17) is 0 Å². The number of fused-ring (bicyclic) bond motifs is 1. The standard InChI is InChI=1S/C12H16F3N3O2/c1-8-4-18-5-9(2-3-10(18)16-8)17-11(19)6-20-7-12(13,14)15/h4,9H,2-3,5-7H2,1H3,(H,17,19)/t9-/m1/s1. The molecule has 0 bridgehead atoms. The van der Waals surface area contributed by atoms with E-state index in [1.54, 1.807) is 0 Å². The summed E-state index contributed by atoms with van der Waals surface area (Å²) in [5, 5.41) is 2.68. The van der Waals surface area contributed by atoms with Gasteiger partial charge in [0.15, 0.2) is 0 Å². The van der Waals surface area contributed by atoms with E-state index >= 15 is 0 Å². The summed E-state index contributed by atoms with van der Waals surface area (Å²) in [4.78, 5) is 15.8. The van der Waals surface area contributed by atoms with E-state index in [2.05, 4.69) is 15.0 Å². The van der Waals surface area contributed by atoms with E-state index in [0.717, 1.165) is 24.4 Å². The van der Waals surface area contributed by atoms with Crippen LogP contribution in [-0.2, 0) is 22.5 Å². The topological polar surface area (TPSA) is 56.2 Å². The lowest BCUT2D eigenvalue weighted by Crippen LogP contribution is -2.42. The summed E-state index contributed by atoms with van der Waals surface area (Å²) in [5.41, 5.74) is 0.917. The smallest absolute Gasteiger partial charge is 0.362 e. The highest BCUT2D eigenvalue weighted by Crippen LogP contribution is 2.16. The van der Waals surface area contributed by atoms with Crippen LogP contribution >= 0.6 is 0 Å². The Labute approximate surface area is 114 Å². The summed E-state index contributed by atoms with van der Waals surface area (Å²) in [6.45, 7) is 0.493. The second-order valence-corrected chi connectivity index (χ2v) is 4.86. The van der Waals surface area contributed by atoms with Crippen LogP contribution in [0.5, 0.6) is 0 Å². The number of carbonyl (C=O) groups is 1. The van der Waals surface area contributed by atoms with Crippen molar-refractivity contribution in [1.82, 2.24) is 14.9 Å². The molecule has 0 aromatic carbocycles. The Bertz CT molecular complexity index is 485. The van der Waals surface area contributed by atoms with Crippen LogP contribution in [0.15, 0.2) is 6.20 Å². The number of hydrogen-bond acceptors (Lipinski definition) is 3. The predicted octanol–water partition coefficient (Wildman–Crippen LogP) is 1.20. The van der Waals surface area contributed by atoms with E-state index in [1.165, 1.54) is 0 Å². The molecule has 2 rings (SSSR count). The number of alkyl halides is 3. The van der Waals surface area contributed by atoms with E-state index < -0.39 is 25.3 Å². The summed E-state index contributed by atoms with van der Waals surface area (Å²) >= 11 is 0. The van der Waals surface area contributed by atoms with Gasteiger partial charge in [-0.25, -0.2) is 4.98 Å². The Hall–Kier alpha value is -1.57. The van der Waals surface area contributed by atoms with Gasteiger partial charge in [-0.05, 0) is 13.3 Å². The van der Waals surface area contributed by atoms with Gasteiger partial charge in [0.05, 0.1) is 5.69 Å². The average molecular weight is 291 g/mol. The zero-order chi connectivity index (χ0) is 14.8. The van der Waals surface area contributed by atoms with Crippen molar-refractivity contribution in [2.24, 2.45) is 0 Å². The molecule has 8 heteroatoms. The van der Waals surface area contributed by atoms with Crippen LogP contribution in [0.2, 0.25) is 0 Å². The Kier molecular flexibility index (Phi) is 4.32. The van der Waals surface area contributed by atoms with Gasteiger partial charge in [0.1, 0.15) is 19.0 Å². The van der Waals surface area contributed by atoms with Crippen molar-refractivity contribution in [2.45, 2.75) is 38.5 Å². The largest absolute Gasteiger partial charge is 0.411 e. The van der Waals surface area contributed by atoms with Crippen molar-refractivity contribution in [2.75, 3.05) is 13.2 Å². The van der Waals surface area contributed by atoms with Crippen LogP contribution in [-0.4, -0.2) is 40.9 Å². The van der Waals surface area contributed by atoms with Gasteiger partial charge in [-0.15, -0.1) is 0 Å². The second-order valence-electron chi connectivity index (χ2n) is 4.86.